The molecule has 1 aliphatic rings. The van der Waals surface area contributed by atoms with Crippen LogP contribution in [0.2, 0.25) is 0 Å². The first kappa shape index (κ1) is 26.5. The number of aryl methyl sites for hydroxylation is 3. The van der Waals surface area contributed by atoms with Crippen LogP contribution in [-0.4, -0.2) is 53.5 Å². The average molecular weight is 506 g/mol. The molecule has 1 aliphatic heterocycles. The van der Waals surface area contributed by atoms with Gasteiger partial charge >= 0.3 is 0 Å². The van der Waals surface area contributed by atoms with Crippen LogP contribution in [-0.2, 0) is 11.4 Å². The molecule has 0 atom stereocenters. The minimum atomic E-state index is -0.346. The van der Waals surface area contributed by atoms with E-state index in [-0.39, 0.29) is 18.3 Å². The first-order valence-electron chi connectivity index (χ1n) is 12.8. The Balaban J connectivity index is 1.69. The van der Waals surface area contributed by atoms with Crippen LogP contribution in [0.25, 0.3) is 11.4 Å². The number of halogens is 1. The van der Waals surface area contributed by atoms with Crippen molar-refractivity contribution in [2.24, 2.45) is 5.73 Å². The zero-order chi connectivity index (χ0) is 26.7. The van der Waals surface area contributed by atoms with Gasteiger partial charge in [-0.2, -0.15) is 0 Å². The minimum Gasteiger partial charge on any atom is -0.488 e. The Morgan fingerprint density at radius 1 is 1.05 bits per heavy atom. The SMILES string of the molecule is Cc1ccc(-c2nc(C)c(COc3cc(C(C)C)ccc3C)c(N3CCN(CC(N)=O)CC3)n2)c(F)c1. The van der Waals surface area contributed by atoms with E-state index in [0.717, 1.165) is 34.0 Å². The smallest absolute Gasteiger partial charge is 0.231 e. The number of ether oxygens (including phenoxy) is 1. The number of nitrogens with two attached hydrogens (primary N) is 1. The highest BCUT2D eigenvalue weighted by molar-refractivity contribution is 5.76. The van der Waals surface area contributed by atoms with E-state index < -0.39 is 0 Å². The van der Waals surface area contributed by atoms with Crippen molar-refractivity contribution in [2.75, 3.05) is 37.6 Å². The van der Waals surface area contributed by atoms with Crippen LogP contribution in [0.1, 0.15) is 47.7 Å². The average Bonchev–Trinajstić information content (AvgIpc) is 2.84. The molecule has 3 aromatic rings. The number of aromatic nitrogens is 2. The second-order valence-electron chi connectivity index (χ2n) is 10.1. The fourth-order valence-corrected chi connectivity index (χ4v) is 4.55. The lowest BCUT2D eigenvalue weighted by Crippen LogP contribution is -2.49. The van der Waals surface area contributed by atoms with Gasteiger partial charge in [0.2, 0.25) is 5.91 Å². The summed E-state index contributed by atoms with van der Waals surface area (Å²) in [5, 5.41) is 0. The van der Waals surface area contributed by atoms with Crippen LogP contribution >= 0.6 is 0 Å². The second-order valence-corrected chi connectivity index (χ2v) is 10.1. The zero-order valence-electron chi connectivity index (χ0n) is 22.3. The van der Waals surface area contributed by atoms with Crippen LogP contribution in [0.15, 0.2) is 36.4 Å². The Kier molecular flexibility index (Phi) is 8.07. The maximum atomic E-state index is 14.9. The lowest BCUT2D eigenvalue weighted by Gasteiger charge is -2.36. The summed E-state index contributed by atoms with van der Waals surface area (Å²) < 4.78 is 21.2. The van der Waals surface area contributed by atoms with Crippen LogP contribution in [0, 0.1) is 26.6 Å². The van der Waals surface area contributed by atoms with Gasteiger partial charge in [0.1, 0.15) is 24.0 Å². The molecule has 2 heterocycles. The largest absolute Gasteiger partial charge is 0.488 e. The Bertz CT molecular complexity index is 1290. The molecule has 1 amide bonds. The van der Waals surface area contributed by atoms with Gasteiger partial charge in [0.05, 0.1) is 23.4 Å². The Morgan fingerprint density at radius 2 is 1.78 bits per heavy atom. The number of anilines is 1. The maximum Gasteiger partial charge on any atom is 0.231 e. The third kappa shape index (κ3) is 6.25. The van der Waals surface area contributed by atoms with Crippen molar-refractivity contribution in [3.63, 3.8) is 0 Å². The van der Waals surface area contributed by atoms with Crippen LogP contribution in [0.3, 0.4) is 0 Å². The van der Waals surface area contributed by atoms with E-state index in [0.29, 0.717) is 50.1 Å². The summed E-state index contributed by atoms with van der Waals surface area (Å²) in [6, 6.07) is 11.4. The normalized spacial score (nSPS) is 14.3. The molecule has 0 spiro atoms. The highest BCUT2D eigenvalue weighted by atomic mass is 19.1. The third-order valence-corrected chi connectivity index (χ3v) is 6.86. The molecule has 0 radical (unpaired) electrons. The summed E-state index contributed by atoms with van der Waals surface area (Å²) in [6.45, 7) is 13.3. The second kappa shape index (κ2) is 11.3. The highest BCUT2D eigenvalue weighted by Gasteiger charge is 2.25. The minimum absolute atomic E-state index is 0.234. The summed E-state index contributed by atoms with van der Waals surface area (Å²) >= 11 is 0. The lowest BCUT2D eigenvalue weighted by atomic mass is 10.0. The van der Waals surface area contributed by atoms with Gasteiger partial charge in [-0.25, -0.2) is 14.4 Å². The number of rotatable bonds is 8. The molecule has 4 rings (SSSR count). The van der Waals surface area contributed by atoms with Gasteiger partial charge in [-0.1, -0.05) is 32.0 Å². The first-order chi connectivity index (χ1) is 17.6. The quantitative estimate of drug-likeness (QED) is 0.485. The number of hydrogen-bond donors (Lipinski definition) is 1. The van der Waals surface area contributed by atoms with Gasteiger partial charge in [-0.05, 0) is 61.6 Å². The Morgan fingerprint density at radius 3 is 2.43 bits per heavy atom. The van der Waals surface area contributed by atoms with Crippen molar-refractivity contribution in [3.8, 4) is 17.1 Å². The van der Waals surface area contributed by atoms with Gasteiger partial charge in [0.25, 0.3) is 0 Å². The predicted octanol–water partition coefficient (Wildman–Crippen LogP) is 4.52. The molecule has 0 saturated carbocycles. The molecule has 7 nitrogen and oxygen atoms in total. The van der Waals surface area contributed by atoms with E-state index in [2.05, 4.69) is 36.9 Å². The van der Waals surface area contributed by atoms with Gasteiger partial charge in [-0.15, -0.1) is 0 Å². The predicted molar refractivity (Wildman–Crippen MR) is 144 cm³/mol. The summed E-state index contributed by atoms with van der Waals surface area (Å²) in [7, 11) is 0. The van der Waals surface area contributed by atoms with Gasteiger partial charge in [0, 0.05) is 26.2 Å². The summed E-state index contributed by atoms with van der Waals surface area (Å²) in [4.78, 5) is 25.1. The molecule has 1 fully saturated rings. The summed E-state index contributed by atoms with van der Waals surface area (Å²) in [5.41, 5.74) is 10.5. The van der Waals surface area contributed by atoms with E-state index in [4.69, 9.17) is 20.4 Å². The molecule has 37 heavy (non-hydrogen) atoms. The van der Waals surface area contributed by atoms with Gasteiger partial charge < -0.3 is 15.4 Å². The molecule has 0 aliphatic carbocycles. The van der Waals surface area contributed by atoms with Crippen molar-refractivity contribution in [1.29, 1.82) is 0 Å². The van der Waals surface area contributed by atoms with Crippen LogP contribution in [0.5, 0.6) is 5.75 Å². The molecule has 8 heteroatoms. The summed E-state index contributed by atoms with van der Waals surface area (Å²) in [5.74, 6) is 1.63. The van der Waals surface area contributed by atoms with Crippen molar-refractivity contribution < 1.29 is 13.9 Å². The van der Waals surface area contributed by atoms with E-state index in [1.807, 2.05) is 31.7 Å². The van der Waals surface area contributed by atoms with Crippen molar-refractivity contribution >= 4 is 11.7 Å². The fraction of sp³-hybridized carbons (Fsp3) is 0.414. The molecule has 2 aromatic carbocycles. The summed E-state index contributed by atoms with van der Waals surface area (Å²) in [6.07, 6.45) is 0. The number of carbonyl (C=O) groups excluding carboxylic acids is 1. The molecule has 0 bridgehead atoms. The van der Waals surface area contributed by atoms with Crippen LogP contribution < -0.4 is 15.4 Å². The van der Waals surface area contributed by atoms with E-state index in [1.54, 1.807) is 6.07 Å². The maximum absolute atomic E-state index is 14.9. The lowest BCUT2D eigenvalue weighted by molar-refractivity contribution is -0.119. The molecule has 1 saturated heterocycles. The molecule has 0 unspecified atom stereocenters. The Labute approximate surface area is 218 Å². The molecular formula is C29H36FN5O2. The number of piperazine rings is 1. The number of carbonyl (C=O) groups is 1. The number of amides is 1. The highest BCUT2D eigenvalue weighted by Crippen LogP contribution is 2.30. The third-order valence-electron chi connectivity index (χ3n) is 6.86. The van der Waals surface area contributed by atoms with Crippen molar-refractivity contribution in [2.45, 2.75) is 47.1 Å². The van der Waals surface area contributed by atoms with E-state index in [9.17, 15) is 9.18 Å². The van der Waals surface area contributed by atoms with E-state index in [1.165, 1.54) is 11.6 Å². The monoisotopic (exact) mass is 505 g/mol. The number of nitrogens with zero attached hydrogens (tertiary/aromatic N) is 4. The van der Waals surface area contributed by atoms with E-state index >= 15 is 0 Å². The van der Waals surface area contributed by atoms with Crippen LogP contribution in [0.4, 0.5) is 10.2 Å². The first-order valence-corrected chi connectivity index (χ1v) is 12.8. The standard InChI is InChI=1S/C29H36FN5O2/c1-18(2)22-8-7-20(4)26(15-22)37-17-24-21(5)32-28(23-9-6-19(3)14-25(23)30)33-29(24)35-12-10-34(11-13-35)16-27(31)36/h6-9,14-15,18H,10-13,16-17H2,1-5H3,(H2,31,36). The fourth-order valence-electron chi connectivity index (χ4n) is 4.55. The van der Waals surface area contributed by atoms with Crippen molar-refractivity contribution in [3.05, 3.63) is 70.2 Å². The van der Waals surface area contributed by atoms with Gasteiger partial charge in [-0.3, -0.25) is 9.69 Å². The molecular weight excluding hydrogens is 469 g/mol. The number of primary amides is 1. The van der Waals surface area contributed by atoms with Crippen molar-refractivity contribution in [1.82, 2.24) is 14.9 Å². The number of hydrogen-bond acceptors (Lipinski definition) is 6. The molecule has 2 N–H and O–H groups in total. The molecule has 196 valence electrons. The molecule has 1 aromatic heterocycles. The van der Waals surface area contributed by atoms with Gasteiger partial charge in [0.15, 0.2) is 5.82 Å². The topological polar surface area (TPSA) is 84.6 Å². The zero-order valence-corrected chi connectivity index (χ0v) is 22.3. The Hall–Kier alpha value is -3.52. The number of benzene rings is 2.